The number of nitrogens with zero attached hydrogens (tertiary/aromatic N) is 4. The molecule has 0 saturated carbocycles. The summed E-state index contributed by atoms with van der Waals surface area (Å²) in [5.41, 5.74) is 10.6. The molecule has 2 heterocycles. The van der Waals surface area contributed by atoms with Gasteiger partial charge in [-0.15, -0.1) is 0 Å². The predicted molar refractivity (Wildman–Crippen MR) is 103 cm³/mol. The van der Waals surface area contributed by atoms with Gasteiger partial charge in [-0.2, -0.15) is 10.4 Å². The first-order valence-electron chi connectivity index (χ1n) is 8.56. The Bertz CT molecular complexity index is 935. The Morgan fingerprint density at radius 2 is 1.73 bits per heavy atom. The van der Waals surface area contributed by atoms with E-state index in [4.69, 9.17) is 10.8 Å². The van der Waals surface area contributed by atoms with Crippen molar-refractivity contribution in [2.75, 3.05) is 18.1 Å². The maximum Gasteiger partial charge on any atom is 0.144 e. The number of fused-ring (bicyclic) bond motifs is 1. The van der Waals surface area contributed by atoms with Crippen LogP contribution in [0.3, 0.4) is 0 Å². The topological polar surface area (TPSA) is 68.6 Å². The predicted octanol–water partition coefficient (Wildman–Crippen LogP) is 3.00. The molecule has 0 spiro atoms. The van der Waals surface area contributed by atoms with Crippen LogP contribution in [0.4, 0.5) is 5.69 Å². The number of benzene rings is 2. The summed E-state index contributed by atoms with van der Waals surface area (Å²) in [6, 6.07) is 22.3. The van der Waals surface area contributed by atoms with Crippen molar-refractivity contribution in [1.82, 2.24) is 4.90 Å². The van der Waals surface area contributed by atoms with Crippen LogP contribution in [-0.2, 0) is 6.54 Å². The Labute approximate surface area is 152 Å². The van der Waals surface area contributed by atoms with Gasteiger partial charge in [0, 0.05) is 25.2 Å². The van der Waals surface area contributed by atoms with E-state index in [1.54, 1.807) is 5.01 Å². The van der Waals surface area contributed by atoms with E-state index in [1.165, 1.54) is 5.56 Å². The minimum absolute atomic E-state index is 0.380. The molecule has 2 aromatic carbocycles. The highest BCUT2D eigenvalue weighted by atomic mass is 15.5. The molecule has 0 aromatic heterocycles. The number of hydrogen-bond acceptors (Lipinski definition) is 5. The summed E-state index contributed by atoms with van der Waals surface area (Å²) in [6.45, 7) is 2.30. The fourth-order valence-electron chi connectivity index (χ4n) is 3.30. The molecule has 2 N–H and O–H groups in total. The highest BCUT2D eigenvalue weighted by Gasteiger charge is 2.29. The number of para-hydroxylation sites is 1. The Morgan fingerprint density at radius 3 is 2.42 bits per heavy atom. The van der Waals surface area contributed by atoms with Gasteiger partial charge in [-0.25, -0.2) is 5.01 Å². The monoisotopic (exact) mass is 341 g/mol. The van der Waals surface area contributed by atoms with Crippen molar-refractivity contribution in [3.05, 3.63) is 89.3 Å². The van der Waals surface area contributed by atoms with Gasteiger partial charge in [0.05, 0.1) is 11.4 Å². The van der Waals surface area contributed by atoms with Crippen LogP contribution in [0, 0.1) is 11.3 Å². The maximum absolute atomic E-state index is 9.64. The zero-order valence-corrected chi connectivity index (χ0v) is 14.3. The van der Waals surface area contributed by atoms with Gasteiger partial charge in [0.2, 0.25) is 0 Å². The SMILES string of the molecule is N#CC1=C(N)N(c2ccccc2)N=C2CN(Cc3ccccc3)CC=C21. The number of allylic oxidation sites excluding steroid dienone is 1. The molecule has 0 aliphatic carbocycles. The third-order valence-corrected chi connectivity index (χ3v) is 4.57. The second-order valence-corrected chi connectivity index (χ2v) is 6.34. The molecule has 0 amide bonds. The van der Waals surface area contributed by atoms with Gasteiger partial charge in [0.1, 0.15) is 17.5 Å². The molecule has 5 heteroatoms. The van der Waals surface area contributed by atoms with Gasteiger partial charge >= 0.3 is 0 Å². The lowest BCUT2D eigenvalue weighted by Crippen LogP contribution is -2.40. The number of nitriles is 1. The zero-order valence-electron chi connectivity index (χ0n) is 14.3. The number of hydrogen-bond donors (Lipinski definition) is 1. The smallest absolute Gasteiger partial charge is 0.144 e. The van der Waals surface area contributed by atoms with Crippen LogP contribution >= 0.6 is 0 Å². The molecule has 26 heavy (non-hydrogen) atoms. The highest BCUT2D eigenvalue weighted by Crippen LogP contribution is 2.29. The molecule has 0 fully saturated rings. The second-order valence-electron chi connectivity index (χ2n) is 6.34. The number of nitrogens with two attached hydrogens (primary N) is 1. The molecule has 2 aliphatic heterocycles. The van der Waals surface area contributed by atoms with Gasteiger partial charge in [0.25, 0.3) is 0 Å². The summed E-state index contributed by atoms with van der Waals surface area (Å²) in [7, 11) is 0. The molecule has 0 unspecified atom stereocenters. The van der Waals surface area contributed by atoms with Crippen LogP contribution in [0.2, 0.25) is 0 Å². The van der Waals surface area contributed by atoms with Gasteiger partial charge < -0.3 is 5.73 Å². The van der Waals surface area contributed by atoms with Crippen molar-refractivity contribution in [3.63, 3.8) is 0 Å². The third-order valence-electron chi connectivity index (χ3n) is 4.57. The average molecular weight is 341 g/mol. The van der Waals surface area contributed by atoms with E-state index in [0.29, 0.717) is 17.9 Å². The summed E-state index contributed by atoms with van der Waals surface area (Å²) >= 11 is 0. The Hall–Kier alpha value is -3.36. The van der Waals surface area contributed by atoms with Crippen molar-refractivity contribution in [2.24, 2.45) is 10.8 Å². The molecule has 4 rings (SSSR count). The van der Waals surface area contributed by atoms with Crippen molar-refractivity contribution in [2.45, 2.75) is 6.54 Å². The first-order valence-corrected chi connectivity index (χ1v) is 8.56. The van der Waals surface area contributed by atoms with E-state index in [1.807, 2.05) is 48.5 Å². The summed E-state index contributed by atoms with van der Waals surface area (Å²) in [5, 5.41) is 16.1. The molecule has 0 bridgehead atoms. The van der Waals surface area contributed by atoms with Crippen molar-refractivity contribution >= 4 is 11.4 Å². The Morgan fingerprint density at radius 1 is 1.04 bits per heavy atom. The van der Waals surface area contributed by atoms with Gasteiger partial charge in [-0.05, 0) is 17.7 Å². The molecule has 2 aromatic rings. The quantitative estimate of drug-likeness (QED) is 0.932. The van der Waals surface area contributed by atoms with E-state index >= 15 is 0 Å². The zero-order chi connectivity index (χ0) is 17.9. The van der Waals surface area contributed by atoms with Crippen LogP contribution in [0.1, 0.15) is 5.56 Å². The van der Waals surface area contributed by atoms with Gasteiger partial charge in [0.15, 0.2) is 0 Å². The number of anilines is 1. The van der Waals surface area contributed by atoms with E-state index in [9.17, 15) is 5.26 Å². The first kappa shape index (κ1) is 16.1. The Kier molecular flexibility index (Phi) is 4.26. The minimum Gasteiger partial charge on any atom is -0.383 e. The van der Waals surface area contributed by atoms with Gasteiger partial charge in [-0.3, -0.25) is 4.90 Å². The average Bonchev–Trinajstić information content (AvgIpc) is 2.69. The standard InChI is InChI=1S/C21H19N5/c22-13-19-18-11-12-25(14-16-7-3-1-4-8-16)15-20(18)24-26(21(19)23)17-9-5-2-6-10-17/h1-11H,12,14-15,23H2. The molecule has 0 atom stereocenters. The van der Waals surface area contributed by atoms with E-state index in [-0.39, 0.29) is 0 Å². The van der Waals surface area contributed by atoms with Crippen LogP contribution in [0.5, 0.6) is 0 Å². The minimum atomic E-state index is 0.380. The molecule has 0 radical (unpaired) electrons. The van der Waals surface area contributed by atoms with Crippen LogP contribution < -0.4 is 10.7 Å². The molecule has 2 aliphatic rings. The van der Waals surface area contributed by atoms with E-state index in [2.05, 4.69) is 29.2 Å². The van der Waals surface area contributed by atoms with Crippen LogP contribution in [0.15, 0.2) is 88.8 Å². The van der Waals surface area contributed by atoms with E-state index < -0.39 is 0 Å². The van der Waals surface area contributed by atoms with Crippen molar-refractivity contribution < 1.29 is 0 Å². The normalized spacial score (nSPS) is 17.3. The maximum atomic E-state index is 9.64. The van der Waals surface area contributed by atoms with Crippen molar-refractivity contribution in [3.8, 4) is 6.07 Å². The molecular weight excluding hydrogens is 322 g/mol. The third kappa shape index (κ3) is 2.99. The van der Waals surface area contributed by atoms with E-state index in [0.717, 1.165) is 30.1 Å². The lowest BCUT2D eigenvalue weighted by atomic mass is 9.96. The van der Waals surface area contributed by atoms with Gasteiger partial charge in [-0.1, -0.05) is 54.6 Å². The molecular formula is C21H19N5. The molecule has 0 saturated heterocycles. The highest BCUT2D eigenvalue weighted by molar-refractivity contribution is 6.08. The lowest BCUT2D eigenvalue weighted by Gasteiger charge is -2.33. The van der Waals surface area contributed by atoms with Crippen LogP contribution in [-0.4, -0.2) is 23.7 Å². The molecule has 5 nitrogen and oxygen atoms in total. The second kappa shape index (κ2) is 6.87. The summed E-state index contributed by atoms with van der Waals surface area (Å²) in [5.74, 6) is 0.380. The largest absolute Gasteiger partial charge is 0.383 e. The van der Waals surface area contributed by atoms with Crippen LogP contribution in [0.25, 0.3) is 0 Å². The fourth-order valence-corrected chi connectivity index (χ4v) is 3.30. The first-order chi connectivity index (χ1) is 12.8. The Balaban J connectivity index is 1.66. The fraction of sp³-hybridized carbons (Fsp3) is 0.143. The lowest BCUT2D eigenvalue weighted by molar-refractivity contribution is 0.331. The number of rotatable bonds is 3. The summed E-state index contributed by atoms with van der Waals surface area (Å²) < 4.78 is 0. The van der Waals surface area contributed by atoms with Crippen molar-refractivity contribution in [1.29, 1.82) is 5.26 Å². The molecule has 128 valence electrons. The summed E-state index contributed by atoms with van der Waals surface area (Å²) in [4.78, 5) is 2.30. The number of hydrazone groups is 1. The summed E-state index contributed by atoms with van der Waals surface area (Å²) in [6.07, 6.45) is 2.05.